The van der Waals surface area contributed by atoms with Gasteiger partial charge in [-0.05, 0) is 24.3 Å². The van der Waals surface area contributed by atoms with Crippen molar-refractivity contribution in [3.63, 3.8) is 0 Å². The standard InChI is InChI=1S/C9H7F2NO2/c10-7-1-2-8(11)6(5-7)3-4-12-9(13)14/h1-5,12H,(H,13,14)/b4-3+. The molecule has 0 aliphatic carbocycles. The lowest BCUT2D eigenvalue weighted by atomic mass is 10.2. The summed E-state index contributed by atoms with van der Waals surface area (Å²) in [5.74, 6) is -1.20. The zero-order valence-electron chi connectivity index (χ0n) is 7.00. The Labute approximate surface area is 78.7 Å². The van der Waals surface area contributed by atoms with Gasteiger partial charge < -0.3 is 5.11 Å². The Bertz CT molecular complexity index is 377. The molecule has 1 amide bonds. The molecule has 0 unspecified atom stereocenters. The summed E-state index contributed by atoms with van der Waals surface area (Å²) in [5, 5.41) is 10.1. The van der Waals surface area contributed by atoms with Gasteiger partial charge in [-0.25, -0.2) is 13.6 Å². The van der Waals surface area contributed by atoms with E-state index in [1.165, 1.54) is 0 Å². The Hall–Kier alpha value is -1.91. The van der Waals surface area contributed by atoms with Crippen LogP contribution in [0, 0.1) is 11.6 Å². The van der Waals surface area contributed by atoms with Gasteiger partial charge >= 0.3 is 6.09 Å². The van der Waals surface area contributed by atoms with E-state index >= 15 is 0 Å². The fraction of sp³-hybridized carbons (Fsp3) is 0. The van der Waals surface area contributed by atoms with Crippen LogP contribution in [0.15, 0.2) is 24.4 Å². The monoisotopic (exact) mass is 199 g/mol. The van der Waals surface area contributed by atoms with Crippen molar-refractivity contribution in [3.05, 3.63) is 41.6 Å². The molecular weight excluding hydrogens is 192 g/mol. The third-order valence-electron chi connectivity index (χ3n) is 1.43. The number of benzene rings is 1. The van der Waals surface area contributed by atoms with E-state index in [0.717, 1.165) is 30.5 Å². The Balaban J connectivity index is 2.80. The number of hydrogen-bond donors (Lipinski definition) is 2. The molecule has 2 N–H and O–H groups in total. The molecule has 0 radical (unpaired) electrons. The molecule has 0 fully saturated rings. The molecule has 0 heterocycles. The maximum absolute atomic E-state index is 12.9. The Morgan fingerprint density at radius 3 is 2.79 bits per heavy atom. The molecule has 1 aromatic rings. The van der Waals surface area contributed by atoms with E-state index in [1.54, 1.807) is 0 Å². The Kier molecular flexibility index (Phi) is 3.17. The van der Waals surface area contributed by atoms with Gasteiger partial charge in [0.25, 0.3) is 0 Å². The molecule has 14 heavy (non-hydrogen) atoms. The summed E-state index contributed by atoms with van der Waals surface area (Å²) in [6.07, 6.45) is 0.880. The largest absolute Gasteiger partial charge is 0.465 e. The number of nitrogens with one attached hydrogen (secondary N) is 1. The first kappa shape index (κ1) is 10.2. The second-order valence-corrected chi connectivity index (χ2v) is 2.45. The average molecular weight is 199 g/mol. The van der Waals surface area contributed by atoms with Crippen LogP contribution >= 0.6 is 0 Å². The zero-order valence-corrected chi connectivity index (χ0v) is 7.00. The van der Waals surface area contributed by atoms with E-state index in [4.69, 9.17) is 5.11 Å². The van der Waals surface area contributed by atoms with E-state index < -0.39 is 17.7 Å². The molecule has 1 rings (SSSR count). The zero-order chi connectivity index (χ0) is 10.6. The van der Waals surface area contributed by atoms with Crippen molar-refractivity contribution >= 4 is 12.2 Å². The highest BCUT2D eigenvalue weighted by atomic mass is 19.1. The van der Waals surface area contributed by atoms with Gasteiger partial charge in [0.05, 0.1) is 0 Å². The van der Waals surface area contributed by atoms with Gasteiger partial charge in [0.1, 0.15) is 11.6 Å². The maximum Gasteiger partial charge on any atom is 0.408 e. The smallest absolute Gasteiger partial charge is 0.408 e. The number of amides is 1. The molecule has 0 spiro atoms. The number of carbonyl (C=O) groups is 1. The first-order chi connectivity index (χ1) is 6.59. The van der Waals surface area contributed by atoms with Crippen LogP contribution in [-0.2, 0) is 0 Å². The van der Waals surface area contributed by atoms with Crippen LogP contribution in [-0.4, -0.2) is 11.2 Å². The molecule has 0 bridgehead atoms. The van der Waals surface area contributed by atoms with Gasteiger partial charge in [-0.1, -0.05) is 0 Å². The topological polar surface area (TPSA) is 49.3 Å². The van der Waals surface area contributed by atoms with E-state index in [9.17, 15) is 13.6 Å². The highest BCUT2D eigenvalue weighted by molar-refractivity contribution is 5.67. The van der Waals surface area contributed by atoms with Crippen LogP contribution in [0.1, 0.15) is 5.56 Å². The number of rotatable bonds is 2. The molecule has 0 aliphatic heterocycles. The third kappa shape index (κ3) is 2.85. The minimum atomic E-state index is -1.27. The molecule has 0 aliphatic rings. The van der Waals surface area contributed by atoms with Crippen LogP contribution in [0.3, 0.4) is 0 Å². The van der Waals surface area contributed by atoms with Crippen molar-refractivity contribution in [1.82, 2.24) is 5.32 Å². The molecule has 5 heteroatoms. The molecule has 3 nitrogen and oxygen atoms in total. The quantitative estimate of drug-likeness (QED) is 0.767. The summed E-state index contributed by atoms with van der Waals surface area (Å²) < 4.78 is 25.5. The summed E-state index contributed by atoms with van der Waals surface area (Å²) in [5.41, 5.74) is -0.0150. The molecule has 0 aromatic heterocycles. The van der Waals surface area contributed by atoms with Gasteiger partial charge in [-0.15, -0.1) is 0 Å². The average Bonchev–Trinajstić information content (AvgIpc) is 2.10. The van der Waals surface area contributed by atoms with E-state index in [1.807, 2.05) is 5.32 Å². The second-order valence-electron chi connectivity index (χ2n) is 2.45. The molecule has 1 aromatic carbocycles. The SMILES string of the molecule is O=C(O)N/C=C/c1cc(F)ccc1F. The van der Waals surface area contributed by atoms with Gasteiger partial charge in [0.2, 0.25) is 0 Å². The van der Waals surface area contributed by atoms with Crippen LogP contribution in [0.2, 0.25) is 0 Å². The number of halogens is 2. The Morgan fingerprint density at radius 2 is 2.14 bits per heavy atom. The van der Waals surface area contributed by atoms with Crippen LogP contribution in [0.4, 0.5) is 13.6 Å². The van der Waals surface area contributed by atoms with Crippen molar-refractivity contribution in [2.75, 3.05) is 0 Å². The normalized spacial score (nSPS) is 10.4. The Morgan fingerprint density at radius 1 is 1.43 bits per heavy atom. The predicted octanol–water partition coefficient (Wildman–Crippen LogP) is 2.20. The van der Waals surface area contributed by atoms with E-state index in [2.05, 4.69) is 0 Å². The first-order valence-electron chi connectivity index (χ1n) is 3.70. The molecule has 0 saturated heterocycles. The third-order valence-corrected chi connectivity index (χ3v) is 1.43. The first-order valence-corrected chi connectivity index (χ1v) is 3.70. The minimum Gasteiger partial charge on any atom is -0.465 e. The van der Waals surface area contributed by atoms with Gasteiger partial charge in [-0.3, -0.25) is 5.32 Å². The summed E-state index contributed by atoms with van der Waals surface area (Å²) in [6, 6.07) is 2.92. The lowest BCUT2D eigenvalue weighted by Gasteiger charge is -1.96. The number of carboxylic acid groups (broad SMARTS) is 1. The van der Waals surface area contributed by atoms with Gasteiger partial charge in [0.15, 0.2) is 0 Å². The molecule has 0 atom stereocenters. The van der Waals surface area contributed by atoms with Crippen molar-refractivity contribution in [2.45, 2.75) is 0 Å². The number of hydrogen-bond acceptors (Lipinski definition) is 1. The highest BCUT2D eigenvalue weighted by Gasteiger charge is 1.99. The minimum absolute atomic E-state index is 0.0150. The van der Waals surface area contributed by atoms with Crippen LogP contribution in [0.5, 0.6) is 0 Å². The van der Waals surface area contributed by atoms with Gasteiger partial charge in [-0.2, -0.15) is 0 Å². The van der Waals surface area contributed by atoms with E-state index in [-0.39, 0.29) is 5.56 Å². The maximum atomic E-state index is 12.9. The lowest BCUT2D eigenvalue weighted by molar-refractivity contribution is 0.198. The fourth-order valence-corrected chi connectivity index (χ4v) is 0.845. The second kappa shape index (κ2) is 4.36. The highest BCUT2D eigenvalue weighted by Crippen LogP contribution is 2.10. The van der Waals surface area contributed by atoms with Gasteiger partial charge in [0, 0.05) is 11.8 Å². The molecular formula is C9H7F2NO2. The van der Waals surface area contributed by atoms with E-state index in [0.29, 0.717) is 0 Å². The predicted molar refractivity (Wildman–Crippen MR) is 46.6 cm³/mol. The molecule has 0 saturated carbocycles. The van der Waals surface area contributed by atoms with Crippen molar-refractivity contribution < 1.29 is 18.7 Å². The summed E-state index contributed by atoms with van der Waals surface area (Å²) >= 11 is 0. The van der Waals surface area contributed by atoms with Crippen molar-refractivity contribution in [3.8, 4) is 0 Å². The summed E-state index contributed by atoms with van der Waals surface area (Å²) in [7, 11) is 0. The summed E-state index contributed by atoms with van der Waals surface area (Å²) in [4.78, 5) is 10.0. The summed E-state index contributed by atoms with van der Waals surface area (Å²) in [6.45, 7) is 0. The fourth-order valence-electron chi connectivity index (χ4n) is 0.845. The van der Waals surface area contributed by atoms with Crippen molar-refractivity contribution in [2.24, 2.45) is 0 Å². The van der Waals surface area contributed by atoms with Crippen LogP contribution < -0.4 is 5.32 Å². The lowest BCUT2D eigenvalue weighted by Crippen LogP contribution is -2.12. The van der Waals surface area contributed by atoms with Crippen molar-refractivity contribution in [1.29, 1.82) is 0 Å². The van der Waals surface area contributed by atoms with Crippen LogP contribution in [0.25, 0.3) is 6.08 Å². The molecule has 74 valence electrons.